The zero-order valence-corrected chi connectivity index (χ0v) is 16.3. The molecule has 0 spiro atoms. The molecule has 1 amide bonds. The number of Topliss-reactive ketones (excluding diaryl/α,β-unsaturated/α-hetero) is 1. The Kier molecular flexibility index (Phi) is 5.30. The lowest BCUT2D eigenvalue weighted by molar-refractivity contribution is -0.145. The van der Waals surface area contributed by atoms with Crippen molar-refractivity contribution in [3.05, 3.63) is 60.2 Å². The Bertz CT molecular complexity index is 1050. The highest BCUT2D eigenvalue weighted by Gasteiger charge is 2.34. The fourth-order valence-electron chi connectivity index (χ4n) is 4.31. The van der Waals surface area contributed by atoms with Crippen LogP contribution < -0.4 is 5.32 Å². The molecule has 1 N–H and O–H groups in total. The number of rotatable bonds is 4. The van der Waals surface area contributed by atoms with Crippen molar-refractivity contribution >= 4 is 39.2 Å². The van der Waals surface area contributed by atoms with E-state index in [1.54, 1.807) is 0 Å². The van der Waals surface area contributed by atoms with Gasteiger partial charge in [-0.15, -0.1) is 0 Å². The lowest BCUT2D eigenvalue weighted by atomic mass is 9.83. The van der Waals surface area contributed by atoms with Gasteiger partial charge in [-0.3, -0.25) is 9.59 Å². The molecule has 148 valence electrons. The number of amides is 1. The second kappa shape index (κ2) is 8.03. The lowest BCUT2D eigenvalue weighted by Crippen LogP contribution is -2.48. The predicted molar refractivity (Wildman–Crippen MR) is 112 cm³/mol. The first-order valence-electron chi connectivity index (χ1n) is 9.89. The fourth-order valence-corrected chi connectivity index (χ4v) is 4.31. The van der Waals surface area contributed by atoms with Gasteiger partial charge < -0.3 is 10.1 Å². The van der Waals surface area contributed by atoms with Gasteiger partial charge in [-0.25, -0.2) is 4.79 Å². The maximum Gasteiger partial charge on any atom is 0.328 e. The molecule has 4 rings (SSSR count). The number of ether oxygens (including phenoxy) is 1. The fraction of sp³-hybridized carbons (Fsp3) is 0.292. The Hall–Kier alpha value is -3.21. The Morgan fingerprint density at radius 1 is 1.03 bits per heavy atom. The molecule has 0 aliphatic heterocycles. The van der Waals surface area contributed by atoms with Gasteiger partial charge in [0.15, 0.2) is 0 Å². The smallest absolute Gasteiger partial charge is 0.328 e. The van der Waals surface area contributed by atoms with E-state index < -0.39 is 12.0 Å². The van der Waals surface area contributed by atoms with Crippen LogP contribution in [0.2, 0.25) is 0 Å². The number of carbonyl (C=O) groups is 3. The van der Waals surface area contributed by atoms with Crippen LogP contribution >= 0.6 is 0 Å². The minimum atomic E-state index is -0.838. The minimum absolute atomic E-state index is 0.125. The van der Waals surface area contributed by atoms with E-state index in [0.29, 0.717) is 18.4 Å². The number of hydrogen-bond acceptors (Lipinski definition) is 4. The number of hydrogen-bond donors (Lipinski definition) is 1. The summed E-state index contributed by atoms with van der Waals surface area (Å²) in [7, 11) is 1.31. The van der Waals surface area contributed by atoms with Crippen molar-refractivity contribution in [2.45, 2.75) is 31.7 Å². The predicted octanol–water partition coefficient (Wildman–Crippen LogP) is 4.02. The first kappa shape index (κ1) is 19.1. The quantitative estimate of drug-likeness (QED) is 0.540. The standard InChI is InChI=1S/C24H23NO4/c1-29-24(28)22(17-9-6-10-18(26)14-17)25-23(27)21-19-11-4-2-7-15(19)13-16-8-3-5-12-20(16)21/h2-5,7-8,11-13,17,22H,6,9-10,14H2,1H3,(H,25,27)/t17-,22-/m1/s1. The van der Waals surface area contributed by atoms with Crippen molar-refractivity contribution in [1.82, 2.24) is 5.32 Å². The number of nitrogens with one attached hydrogen (secondary N) is 1. The van der Waals surface area contributed by atoms with E-state index in [4.69, 9.17) is 4.74 Å². The number of benzene rings is 3. The monoisotopic (exact) mass is 389 g/mol. The van der Waals surface area contributed by atoms with Gasteiger partial charge in [-0.1, -0.05) is 48.5 Å². The normalized spacial score (nSPS) is 17.8. The van der Waals surface area contributed by atoms with Crippen molar-refractivity contribution in [2.24, 2.45) is 5.92 Å². The van der Waals surface area contributed by atoms with Gasteiger partial charge in [0.25, 0.3) is 5.91 Å². The molecule has 3 aromatic carbocycles. The Morgan fingerprint density at radius 2 is 1.66 bits per heavy atom. The van der Waals surface area contributed by atoms with E-state index in [1.165, 1.54) is 7.11 Å². The SMILES string of the molecule is COC(=O)[C@H](NC(=O)c1c2ccccc2cc2ccccc12)[C@@H]1CCCC(=O)C1. The molecule has 3 aromatic rings. The molecule has 2 atom stereocenters. The second-order valence-corrected chi connectivity index (χ2v) is 7.56. The summed E-state index contributed by atoms with van der Waals surface area (Å²) in [6.45, 7) is 0. The van der Waals surface area contributed by atoms with Gasteiger partial charge in [0.1, 0.15) is 11.8 Å². The van der Waals surface area contributed by atoms with Crippen LogP contribution in [-0.2, 0) is 14.3 Å². The molecular formula is C24H23NO4. The van der Waals surface area contributed by atoms with Gasteiger partial charge in [0, 0.05) is 12.8 Å². The third-order valence-electron chi connectivity index (χ3n) is 5.73. The molecule has 5 nitrogen and oxygen atoms in total. The maximum atomic E-state index is 13.4. The first-order valence-corrected chi connectivity index (χ1v) is 9.89. The number of ketones is 1. The van der Waals surface area contributed by atoms with Crippen molar-refractivity contribution in [3.8, 4) is 0 Å². The van der Waals surface area contributed by atoms with E-state index >= 15 is 0 Å². The third-order valence-corrected chi connectivity index (χ3v) is 5.73. The van der Waals surface area contributed by atoms with Gasteiger partial charge >= 0.3 is 5.97 Å². The van der Waals surface area contributed by atoms with Crippen LogP contribution in [0, 0.1) is 5.92 Å². The second-order valence-electron chi connectivity index (χ2n) is 7.56. The van der Waals surface area contributed by atoms with E-state index in [0.717, 1.165) is 28.0 Å². The molecule has 0 bridgehead atoms. The number of carbonyl (C=O) groups excluding carboxylic acids is 3. The van der Waals surface area contributed by atoms with E-state index in [1.807, 2.05) is 48.5 Å². The molecule has 0 radical (unpaired) electrons. The summed E-state index contributed by atoms with van der Waals surface area (Å²) in [6.07, 6.45) is 2.26. The van der Waals surface area contributed by atoms with Crippen LogP contribution in [0.15, 0.2) is 54.6 Å². The lowest BCUT2D eigenvalue weighted by Gasteiger charge is -2.28. The number of methoxy groups -OCH3 is 1. The topological polar surface area (TPSA) is 72.5 Å². The number of esters is 1. The molecule has 0 aromatic heterocycles. The average molecular weight is 389 g/mol. The van der Waals surface area contributed by atoms with Crippen molar-refractivity contribution < 1.29 is 19.1 Å². The summed E-state index contributed by atoms with van der Waals surface area (Å²) in [4.78, 5) is 37.8. The molecule has 0 saturated heterocycles. The van der Waals surface area contributed by atoms with Gasteiger partial charge in [0.2, 0.25) is 0 Å². The highest BCUT2D eigenvalue weighted by molar-refractivity contribution is 6.18. The average Bonchev–Trinajstić information content (AvgIpc) is 2.75. The van der Waals surface area contributed by atoms with E-state index in [-0.39, 0.29) is 24.0 Å². The molecule has 0 unspecified atom stereocenters. The third kappa shape index (κ3) is 3.73. The van der Waals surface area contributed by atoms with Gasteiger partial charge in [0.05, 0.1) is 12.7 Å². The number of fused-ring (bicyclic) bond motifs is 2. The molecule has 1 aliphatic carbocycles. The van der Waals surface area contributed by atoms with Gasteiger partial charge in [-0.2, -0.15) is 0 Å². The van der Waals surface area contributed by atoms with Crippen LogP contribution in [0.25, 0.3) is 21.5 Å². The minimum Gasteiger partial charge on any atom is -0.467 e. The van der Waals surface area contributed by atoms with Gasteiger partial charge in [-0.05, 0) is 46.4 Å². The van der Waals surface area contributed by atoms with Crippen LogP contribution in [-0.4, -0.2) is 30.8 Å². The summed E-state index contributed by atoms with van der Waals surface area (Å²) < 4.78 is 4.95. The Balaban J connectivity index is 1.77. The molecule has 5 heteroatoms. The largest absolute Gasteiger partial charge is 0.467 e. The maximum absolute atomic E-state index is 13.4. The molecule has 1 saturated carbocycles. The highest BCUT2D eigenvalue weighted by Crippen LogP contribution is 2.30. The summed E-state index contributed by atoms with van der Waals surface area (Å²) in [5.41, 5.74) is 0.537. The summed E-state index contributed by atoms with van der Waals surface area (Å²) in [5, 5.41) is 6.46. The van der Waals surface area contributed by atoms with Crippen LogP contribution in [0.1, 0.15) is 36.0 Å². The van der Waals surface area contributed by atoms with Crippen LogP contribution in [0.5, 0.6) is 0 Å². The molecular weight excluding hydrogens is 366 g/mol. The first-order chi connectivity index (χ1) is 14.1. The summed E-state index contributed by atoms with van der Waals surface area (Å²) in [6, 6.07) is 16.6. The Labute approximate surface area is 169 Å². The Morgan fingerprint density at radius 3 is 2.24 bits per heavy atom. The van der Waals surface area contributed by atoms with E-state index in [2.05, 4.69) is 11.4 Å². The highest BCUT2D eigenvalue weighted by atomic mass is 16.5. The molecule has 29 heavy (non-hydrogen) atoms. The molecule has 1 fully saturated rings. The van der Waals surface area contributed by atoms with Crippen LogP contribution in [0.3, 0.4) is 0 Å². The summed E-state index contributed by atoms with van der Waals surface area (Å²) in [5.74, 6) is -0.956. The summed E-state index contributed by atoms with van der Waals surface area (Å²) >= 11 is 0. The zero-order chi connectivity index (χ0) is 20.4. The zero-order valence-electron chi connectivity index (χ0n) is 16.3. The van der Waals surface area contributed by atoms with Crippen LogP contribution in [0.4, 0.5) is 0 Å². The van der Waals surface area contributed by atoms with Crippen molar-refractivity contribution in [2.75, 3.05) is 7.11 Å². The molecule has 1 aliphatic rings. The van der Waals surface area contributed by atoms with E-state index in [9.17, 15) is 14.4 Å². The molecule has 0 heterocycles. The van der Waals surface area contributed by atoms with Crippen molar-refractivity contribution in [1.29, 1.82) is 0 Å². The van der Waals surface area contributed by atoms with Crippen molar-refractivity contribution in [3.63, 3.8) is 0 Å².